The molecule has 0 aromatic heterocycles. The lowest BCUT2D eigenvalue weighted by atomic mass is 10.1. The lowest BCUT2D eigenvalue weighted by Crippen LogP contribution is -2.42. The van der Waals surface area contributed by atoms with Crippen molar-refractivity contribution in [3.8, 4) is 0 Å². The number of hydrogen-bond donors (Lipinski definition) is 2. The van der Waals surface area contributed by atoms with E-state index >= 15 is 0 Å². The largest absolute Gasteiger partial charge is 0.478 e. The Balaban J connectivity index is 0.000000343. The number of anilines is 1. The van der Waals surface area contributed by atoms with Gasteiger partial charge in [-0.25, -0.2) is 18.4 Å². The van der Waals surface area contributed by atoms with E-state index in [1.165, 1.54) is 19.2 Å². The Morgan fingerprint density at radius 2 is 1.52 bits per heavy atom. The number of alkyl halides is 5. The molecule has 5 nitrogen and oxygen atoms in total. The number of ether oxygens (including phenoxy) is 1. The average molecular weight is 520 g/mol. The molecular formula is C18H13BrF7NO4. The van der Waals surface area contributed by atoms with Crippen molar-refractivity contribution in [1.29, 1.82) is 0 Å². The molecule has 0 aliphatic carbocycles. The predicted molar refractivity (Wildman–Crippen MR) is 98.3 cm³/mol. The quantitative estimate of drug-likeness (QED) is 0.402. The summed E-state index contributed by atoms with van der Waals surface area (Å²) < 4.78 is 91.2. The van der Waals surface area contributed by atoms with Crippen LogP contribution in [0.15, 0.2) is 40.9 Å². The second-order valence-corrected chi connectivity index (χ2v) is 6.52. The first-order valence-corrected chi connectivity index (χ1v) is 8.73. The number of carboxylic acids is 1. The first-order chi connectivity index (χ1) is 14.2. The summed E-state index contributed by atoms with van der Waals surface area (Å²) in [6.45, 7) is -1.84. The molecule has 0 spiro atoms. The number of benzene rings is 2. The number of halogens is 8. The van der Waals surface area contributed by atoms with Gasteiger partial charge in [-0.1, -0.05) is 0 Å². The van der Waals surface area contributed by atoms with E-state index in [2.05, 4.69) is 20.7 Å². The Bertz CT molecular complexity index is 951. The molecule has 0 aliphatic rings. The molecule has 0 heterocycles. The molecule has 2 aromatic carbocycles. The van der Waals surface area contributed by atoms with Crippen LogP contribution in [0.2, 0.25) is 0 Å². The minimum atomic E-state index is -5.76. The number of carboxylic acid groups (broad SMARTS) is 1. The Kier molecular flexibility index (Phi) is 8.85. The van der Waals surface area contributed by atoms with E-state index in [0.717, 1.165) is 18.2 Å². The molecule has 31 heavy (non-hydrogen) atoms. The van der Waals surface area contributed by atoms with Crippen molar-refractivity contribution in [1.82, 2.24) is 0 Å². The molecule has 0 bridgehead atoms. The zero-order chi connectivity index (χ0) is 24.0. The van der Waals surface area contributed by atoms with E-state index in [4.69, 9.17) is 5.11 Å². The van der Waals surface area contributed by atoms with Crippen LogP contribution in [-0.2, 0) is 4.74 Å². The van der Waals surface area contributed by atoms with Crippen molar-refractivity contribution in [2.45, 2.75) is 12.1 Å². The van der Waals surface area contributed by atoms with Crippen LogP contribution >= 0.6 is 15.9 Å². The van der Waals surface area contributed by atoms with Crippen molar-refractivity contribution in [3.63, 3.8) is 0 Å². The number of aromatic carboxylic acids is 1. The van der Waals surface area contributed by atoms with Gasteiger partial charge in [0.1, 0.15) is 11.6 Å². The fourth-order valence-corrected chi connectivity index (χ4v) is 2.33. The third-order valence-corrected chi connectivity index (χ3v) is 4.15. The SMILES string of the molecule is COC(=O)c1cc(F)ccc1Br.O=C(O)c1cc(F)ccc1NCC(F)(F)C(F)(F)F. The minimum absolute atomic E-state index is 0.192. The van der Waals surface area contributed by atoms with Gasteiger partial charge in [0.25, 0.3) is 0 Å². The zero-order valence-electron chi connectivity index (χ0n) is 15.4. The van der Waals surface area contributed by atoms with Crippen molar-refractivity contribution in [2.24, 2.45) is 0 Å². The maximum Gasteiger partial charge on any atom is 0.455 e. The number of rotatable bonds is 5. The smallest absolute Gasteiger partial charge is 0.455 e. The highest BCUT2D eigenvalue weighted by molar-refractivity contribution is 9.10. The fraction of sp³-hybridized carbons (Fsp3) is 0.222. The van der Waals surface area contributed by atoms with Gasteiger partial charge >= 0.3 is 24.0 Å². The maximum atomic E-state index is 12.8. The average Bonchev–Trinajstić information content (AvgIpc) is 2.67. The summed E-state index contributed by atoms with van der Waals surface area (Å²) in [7, 11) is 1.25. The highest BCUT2D eigenvalue weighted by Crippen LogP contribution is 2.35. The van der Waals surface area contributed by atoms with Crippen molar-refractivity contribution in [2.75, 3.05) is 19.0 Å². The van der Waals surface area contributed by atoms with Crippen molar-refractivity contribution >= 4 is 33.6 Å². The van der Waals surface area contributed by atoms with Crippen molar-refractivity contribution in [3.05, 3.63) is 63.6 Å². The summed E-state index contributed by atoms with van der Waals surface area (Å²) >= 11 is 3.10. The number of nitrogens with one attached hydrogen (secondary N) is 1. The Labute approximate surface area is 178 Å². The van der Waals surface area contributed by atoms with Gasteiger partial charge in [-0.2, -0.15) is 22.0 Å². The van der Waals surface area contributed by atoms with Gasteiger partial charge < -0.3 is 15.2 Å². The van der Waals surface area contributed by atoms with Gasteiger partial charge in [-0.15, -0.1) is 0 Å². The Morgan fingerprint density at radius 1 is 1.00 bits per heavy atom. The molecule has 0 amide bonds. The van der Waals surface area contributed by atoms with Gasteiger partial charge in [-0.3, -0.25) is 0 Å². The lowest BCUT2D eigenvalue weighted by molar-refractivity contribution is -0.275. The molecule has 2 aromatic rings. The van der Waals surface area contributed by atoms with E-state index in [9.17, 15) is 40.3 Å². The van der Waals surface area contributed by atoms with E-state index in [1.54, 1.807) is 5.32 Å². The monoisotopic (exact) mass is 519 g/mol. The van der Waals surface area contributed by atoms with Gasteiger partial charge in [0.15, 0.2) is 0 Å². The summed E-state index contributed by atoms with van der Waals surface area (Å²) in [6.07, 6.45) is -5.76. The van der Waals surface area contributed by atoms with Crippen LogP contribution in [-0.4, -0.2) is 42.8 Å². The highest BCUT2D eigenvalue weighted by atomic mass is 79.9. The number of carbonyl (C=O) groups is 2. The molecule has 13 heteroatoms. The van der Waals surface area contributed by atoms with E-state index < -0.39 is 53.5 Å². The van der Waals surface area contributed by atoms with E-state index in [0.29, 0.717) is 10.5 Å². The molecule has 170 valence electrons. The minimum Gasteiger partial charge on any atom is -0.478 e. The Morgan fingerprint density at radius 3 is 2.00 bits per heavy atom. The standard InChI is InChI=1S/C10H7F6NO2.C8H6BrFO2/c11-5-1-2-7(6(3-5)8(18)19)17-4-9(12,13)10(14,15)16;1-12-8(11)6-4-5(10)2-3-7(6)9/h1-3,17H,4H2,(H,18,19);2-4H,1H3. The lowest BCUT2D eigenvalue weighted by Gasteiger charge is -2.20. The summed E-state index contributed by atoms with van der Waals surface area (Å²) in [5, 5.41) is 10.3. The summed E-state index contributed by atoms with van der Waals surface area (Å²) in [4.78, 5) is 21.6. The fourth-order valence-electron chi connectivity index (χ4n) is 1.92. The van der Waals surface area contributed by atoms with Crippen LogP contribution < -0.4 is 5.32 Å². The van der Waals surface area contributed by atoms with Crippen LogP contribution in [0.3, 0.4) is 0 Å². The molecule has 0 aliphatic heterocycles. The second kappa shape index (κ2) is 10.5. The normalized spacial score (nSPS) is 11.3. The first-order valence-electron chi connectivity index (χ1n) is 7.94. The molecule has 2 N–H and O–H groups in total. The summed E-state index contributed by atoms with van der Waals surface area (Å²) in [5.74, 6) is -8.65. The number of hydrogen-bond acceptors (Lipinski definition) is 4. The molecular weight excluding hydrogens is 507 g/mol. The number of esters is 1. The zero-order valence-corrected chi connectivity index (χ0v) is 17.0. The third-order valence-electron chi connectivity index (χ3n) is 3.46. The number of methoxy groups -OCH3 is 1. The number of carbonyl (C=O) groups excluding carboxylic acids is 1. The van der Waals surface area contributed by atoms with E-state index in [-0.39, 0.29) is 5.56 Å². The highest BCUT2D eigenvalue weighted by Gasteiger charge is 2.57. The second-order valence-electron chi connectivity index (χ2n) is 5.67. The molecule has 0 atom stereocenters. The van der Waals surface area contributed by atoms with Gasteiger partial charge in [-0.05, 0) is 52.3 Å². The molecule has 0 fully saturated rings. The predicted octanol–water partition coefficient (Wildman–Crippen LogP) is 5.51. The molecule has 0 unspecified atom stereocenters. The van der Waals surface area contributed by atoms with Crippen LogP contribution in [0.5, 0.6) is 0 Å². The van der Waals surface area contributed by atoms with Gasteiger partial charge in [0, 0.05) is 10.2 Å². The van der Waals surface area contributed by atoms with E-state index in [1.807, 2.05) is 0 Å². The summed E-state index contributed by atoms with van der Waals surface area (Å²) in [5.41, 5.74) is -1.08. The Hall–Kier alpha value is -2.83. The van der Waals surface area contributed by atoms with Crippen LogP contribution in [0, 0.1) is 11.6 Å². The third kappa shape index (κ3) is 7.42. The first kappa shape index (κ1) is 26.2. The maximum absolute atomic E-state index is 12.8. The van der Waals surface area contributed by atoms with Crippen LogP contribution in [0.25, 0.3) is 0 Å². The molecule has 0 radical (unpaired) electrons. The van der Waals surface area contributed by atoms with Crippen LogP contribution in [0.4, 0.5) is 36.4 Å². The van der Waals surface area contributed by atoms with Crippen LogP contribution in [0.1, 0.15) is 20.7 Å². The molecule has 0 saturated heterocycles. The summed E-state index contributed by atoms with van der Waals surface area (Å²) in [6, 6.07) is 5.86. The molecule has 0 saturated carbocycles. The topological polar surface area (TPSA) is 75.6 Å². The van der Waals surface area contributed by atoms with Gasteiger partial charge in [0.05, 0.1) is 24.8 Å². The molecule has 2 rings (SSSR count). The van der Waals surface area contributed by atoms with Crippen molar-refractivity contribution < 1.29 is 50.2 Å². The van der Waals surface area contributed by atoms with Gasteiger partial charge in [0.2, 0.25) is 0 Å².